The molecular formula is C22H28N2O4. The number of hydrogen-bond donors (Lipinski definition) is 2. The van der Waals surface area contributed by atoms with E-state index >= 15 is 0 Å². The van der Waals surface area contributed by atoms with Crippen LogP contribution in [0.25, 0.3) is 0 Å². The molecule has 150 valence electrons. The van der Waals surface area contributed by atoms with Gasteiger partial charge in [-0.3, -0.25) is 19.2 Å². The molecule has 0 aromatic carbocycles. The third kappa shape index (κ3) is 2.97. The minimum atomic E-state index is -0.507. The lowest BCUT2D eigenvalue weighted by atomic mass is 9.35. The zero-order valence-electron chi connectivity index (χ0n) is 17.0. The van der Waals surface area contributed by atoms with Crippen molar-refractivity contribution in [1.82, 2.24) is 10.6 Å². The van der Waals surface area contributed by atoms with Crippen LogP contribution in [0.4, 0.5) is 0 Å². The Labute approximate surface area is 165 Å². The first-order valence-corrected chi connectivity index (χ1v) is 9.37. The standard InChI is InChI=1S/C22H28N2O4/c1-7-15(25)9-11-23-19(27)17-18(20(28)24-12-10-16(26)8-2)22(6)14(4)13(3)21(17,22)5/h7-8H,1-2,9-12H2,3-6H3,(H,23,27)(H,24,28). The van der Waals surface area contributed by atoms with Crippen molar-refractivity contribution in [3.8, 4) is 0 Å². The van der Waals surface area contributed by atoms with Gasteiger partial charge in [-0.1, -0.05) is 38.2 Å². The third-order valence-corrected chi connectivity index (χ3v) is 6.54. The molecule has 2 unspecified atom stereocenters. The number of carbonyl (C=O) groups is 4. The number of fused-ring (bicyclic) bond motifs is 1. The number of amides is 2. The lowest BCUT2D eigenvalue weighted by Crippen LogP contribution is -2.64. The maximum atomic E-state index is 12.9. The lowest BCUT2D eigenvalue weighted by molar-refractivity contribution is -0.126. The van der Waals surface area contributed by atoms with Crippen LogP contribution in [-0.4, -0.2) is 36.5 Å². The Morgan fingerprint density at radius 1 is 0.786 bits per heavy atom. The van der Waals surface area contributed by atoms with Gasteiger partial charge in [-0.05, 0) is 26.0 Å². The smallest absolute Gasteiger partial charge is 0.248 e. The number of nitrogens with one attached hydrogen (secondary N) is 2. The second kappa shape index (κ2) is 7.70. The Morgan fingerprint density at radius 2 is 1.11 bits per heavy atom. The van der Waals surface area contributed by atoms with Gasteiger partial charge >= 0.3 is 0 Å². The summed E-state index contributed by atoms with van der Waals surface area (Å²) in [4.78, 5) is 48.4. The molecule has 2 amide bonds. The second-order valence-electron chi connectivity index (χ2n) is 7.60. The Balaban J connectivity index is 2.23. The highest BCUT2D eigenvalue weighted by atomic mass is 16.2. The molecule has 0 spiro atoms. The highest BCUT2D eigenvalue weighted by molar-refractivity contribution is 6.12. The van der Waals surface area contributed by atoms with Gasteiger partial charge in [0.1, 0.15) is 0 Å². The van der Waals surface area contributed by atoms with Crippen LogP contribution in [0.15, 0.2) is 47.6 Å². The summed E-state index contributed by atoms with van der Waals surface area (Å²) in [6.45, 7) is 15.1. The number of hydrogen-bond acceptors (Lipinski definition) is 4. The zero-order chi connectivity index (χ0) is 21.3. The van der Waals surface area contributed by atoms with Gasteiger partial charge in [0, 0.05) is 47.9 Å². The molecule has 0 aliphatic heterocycles. The maximum Gasteiger partial charge on any atom is 0.248 e. The topological polar surface area (TPSA) is 92.3 Å². The Bertz CT molecular complexity index is 781. The van der Waals surface area contributed by atoms with Gasteiger partial charge in [0.15, 0.2) is 11.6 Å². The van der Waals surface area contributed by atoms with E-state index in [1.54, 1.807) is 0 Å². The molecule has 6 nitrogen and oxygen atoms in total. The molecule has 2 rings (SSSR count). The van der Waals surface area contributed by atoms with Crippen LogP contribution >= 0.6 is 0 Å². The van der Waals surface area contributed by atoms with Gasteiger partial charge in [0.2, 0.25) is 11.8 Å². The van der Waals surface area contributed by atoms with Gasteiger partial charge < -0.3 is 10.6 Å². The normalized spacial score (nSPS) is 25.1. The van der Waals surface area contributed by atoms with Crippen molar-refractivity contribution in [1.29, 1.82) is 0 Å². The van der Waals surface area contributed by atoms with Crippen molar-refractivity contribution in [3.63, 3.8) is 0 Å². The molecule has 6 heteroatoms. The van der Waals surface area contributed by atoms with Crippen LogP contribution in [0.3, 0.4) is 0 Å². The molecule has 0 aromatic heterocycles. The van der Waals surface area contributed by atoms with E-state index in [0.29, 0.717) is 11.1 Å². The van der Waals surface area contributed by atoms with Crippen molar-refractivity contribution >= 4 is 23.4 Å². The average Bonchev–Trinajstić information content (AvgIpc) is 2.68. The monoisotopic (exact) mass is 384 g/mol. The molecule has 2 N–H and O–H groups in total. The first-order chi connectivity index (χ1) is 13.1. The number of ketones is 2. The molecule has 0 bridgehead atoms. The van der Waals surface area contributed by atoms with Crippen molar-refractivity contribution in [2.45, 2.75) is 40.5 Å². The van der Waals surface area contributed by atoms with E-state index < -0.39 is 10.8 Å². The summed E-state index contributed by atoms with van der Waals surface area (Å²) in [7, 11) is 0. The van der Waals surface area contributed by atoms with Crippen molar-refractivity contribution in [2.75, 3.05) is 13.1 Å². The highest BCUT2D eigenvalue weighted by Gasteiger charge is 2.70. The van der Waals surface area contributed by atoms with Gasteiger partial charge in [0.25, 0.3) is 0 Å². The minimum absolute atomic E-state index is 0.153. The molecule has 0 heterocycles. The van der Waals surface area contributed by atoms with Crippen molar-refractivity contribution < 1.29 is 19.2 Å². The van der Waals surface area contributed by atoms with E-state index in [1.807, 2.05) is 27.7 Å². The maximum absolute atomic E-state index is 12.9. The van der Waals surface area contributed by atoms with Gasteiger partial charge in [0.05, 0.1) is 0 Å². The fourth-order valence-electron chi connectivity index (χ4n) is 4.41. The Morgan fingerprint density at radius 3 is 1.39 bits per heavy atom. The molecule has 28 heavy (non-hydrogen) atoms. The zero-order valence-corrected chi connectivity index (χ0v) is 17.0. The van der Waals surface area contributed by atoms with E-state index in [2.05, 4.69) is 23.8 Å². The van der Waals surface area contributed by atoms with Crippen LogP contribution in [0.5, 0.6) is 0 Å². The summed E-state index contributed by atoms with van der Waals surface area (Å²) >= 11 is 0. The Hall–Kier alpha value is -2.76. The van der Waals surface area contributed by atoms with E-state index in [0.717, 1.165) is 11.1 Å². The van der Waals surface area contributed by atoms with Crippen LogP contribution in [0.1, 0.15) is 40.5 Å². The van der Waals surface area contributed by atoms with Crippen molar-refractivity contribution in [3.05, 3.63) is 47.6 Å². The average molecular weight is 384 g/mol. The SMILES string of the molecule is C=CC(=O)CCNC(=O)C1=C(C(=O)NCCC(=O)C=C)C2(C)C(C)=C(C)C12C. The molecule has 0 aromatic rings. The van der Waals surface area contributed by atoms with Crippen molar-refractivity contribution in [2.24, 2.45) is 10.8 Å². The Kier molecular flexibility index (Phi) is 5.92. The van der Waals surface area contributed by atoms with Gasteiger partial charge in [-0.25, -0.2) is 0 Å². The summed E-state index contributed by atoms with van der Waals surface area (Å²) in [5.74, 6) is -0.981. The van der Waals surface area contributed by atoms with E-state index in [-0.39, 0.29) is 49.3 Å². The summed E-state index contributed by atoms with van der Waals surface area (Å²) in [6, 6.07) is 0. The fraction of sp³-hybridized carbons (Fsp3) is 0.455. The molecule has 0 saturated carbocycles. The first kappa shape index (κ1) is 21.5. The number of allylic oxidation sites excluding steroid dienone is 4. The fourth-order valence-corrected chi connectivity index (χ4v) is 4.41. The highest BCUT2D eigenvalue weighted by Crippen LogP contribution is 2.74. The van der Waals surface area contributed by atoms with Crippen LogP contribution in [-0.2, 0) is 19.2 Å². The predicted octanol–water partition coefficient (Wildman–Crippen LogP) is 2.18. The quantitative estimate of drug-likeness (QED) is 0.446. The van der Waals surface area contributed by atoms with E-state index in [9.17, 15) is 19.2 Å². The summed E-state index contributed by atoms with van der Waals surface area (Å²) in [5, 5.41) is 5.49. The van der Waals surface area contributed by atoms with Crippen LogP contribution < -0.4 is 10.6 Å². The second-order valence-corrected chi connectivity index (χ2v) is 7.60. The summed E-state index contributed by atoms with van der Waals surface area (Å²) < 4.78 is 0. The van der Waals surface area contributed by atoms with E-state index in [4.69, 9.17) is 0 Å². The predicted molar refractivity (Wildman–Crippen MR) is 107 cm³/mol. The summed E-state index contributed by atoms with van der Waals surface area (Å²) in [5.41, 5.74) is 2.04. The summed E-state index contributed by atoms with van der Waals surface area (Å²) in [6.07, 6.45) is 2.77. The molecule has 2 atom stereocenters. The van der Waals surface area contributed by atoms with Gasteiger partial charge in [-0.15, -0.1) is 0 Å². The molecule has 0 radical (unpaired) electrons. The van der Waals surface area contributed by atoms with Gasteiger partial charge in [-0.2, -0.15) is 0 Å². The number of carbonyl (C=O) groups excluding carboxylic acids is 4. The molecule has 2 aliphatic carbocycles. The molecule has 0 fully saturated rings. The van der Waals surface area contributed by atoms with Crippen LogP contribution in [0.2, 0.25) is 0 Å². The molecular weight excluding hydrogens is 356 g/mol. The minimum Gasteiger partial charge on any atom is -0.352 e. The largest absolute Gasteiger partial charge is 0.352 e. The molecule has 0 saturated heterocycles. The van der Waals surface area contributed by atoms with Crippen LogP contribution in [0, 0.1) is 10.8 Å². The first-order valence-electron chi connectivity index (χ1n) is 9.37. The number of rotatable bonds is 10. The third-order valence-electron chi connectivity index (χ3n) is 6.54. The lowest BCUT2D eigenvalue weighted by Gasteiger charge is -2.66. The van der Waals surface area contributed by atoms with E-state index in [1.165, 1.54) is 12.2 Å². The molecule has 2 aliphatic rings.